The molecule has 0 saturated carbocycles. The van der Waals surface area contributed by atoms with Gasteiger partial charge in [-0.05, 0) is 23.4 Å². The SMILES string of the molecule is CC(C)[C@@H]1COC(c2cc3ccccc3s2)=N1. The first kappa shape index (κ1) is 10.8. The van der Waals surface area contributed by atoms with Gasteiger partial charge >= 0.3 is 0 Å². The van der Waals surface area contributed by atoms with E-state index in [-0.39, 0.29) is 0 Å². The lowest BCUT2D eigenvalue weighted by atomic mass is 10.1. The zero-order valence-corrected chi connectivity index (χ0v) is 10.8. The van der Waals surface area contributed by atoms with Crippen LogP contribution in [0.25, 0.3) is 10.1 Å². The highest BCUT2D eigenvalue weighted by Gasteiger charge is 2.23. The van der Waals surface area contributed by atoms with Crippen molar-refractivity contribution >= 4 is 27.3 Å². The predicted octanol–water partition coefficient (Wildman–Crippen LogP) is 3.70. The van der Waals surface area contributed by atoms with Gasteiger partial charge in [0.1, 0.15) is 6.61 Å². The van der Waals surface area contributed by atoms with E-state index >= 15 is 0 Å². The summed E-state index contributed by atoms with van der Waals surface area (Å²) in [6, 6.07) is 10.9. The lowest BCUT2D eigenvalue weighted by molar-refractivity contribution is 0.292. The van der Waals surface area contributed by atoms with Gasteiger partial charge in [-0.2, -0.15) is 0 Å². The fraction of sp³-hybridized carbons (Fsp3) is 0.357. The molecule has 1 aliphatic rings. The summed E-state index contributed by atoms with van der Waals surface area (Å²) >= 11 is 1.75. The molecule has 0 spiro atoms. The monoisotopic (exact) mass is 245 g/mol. The molecule has 2 heterocycles. The molecular weight excluding hydrogens is 230 g/mol. The van der Waals surface area contributed by atoms with Crippen molar-refractivity contribution in [2.45, 2.75) is 19.9 Å². The summed E-state index contributed by atoms with van der Waals surface area (Å²) in [5, 5.41) is 1.27. The van der Waals surface area contributed by atoms with Crippen molar-refractivity contribution < 1.29 is 4.74 Å². The van der Waals surface area contributed by atoms with Gasteiger partial charge in [-0.1, -0.05) is 32.0 Å². The highest BCUT2D eigenvalue weighted by atomic mass is 32.1. The normalized spacial score (nSPS) is 19.7. The van der Waals surface area contributed by atoms with Gasteiger partial charge in [0.15, 0.2) is 0 Å². The van der Waals surface area contributed by atoms with E-state index in [4.69, 9.17) is 4.74 Å². The molecule has 0 fully saturated rings. The molecule has 0 saturated heterocycles. The largest absolute Gasteiger partial charge is 0.475 e. The average Bonchev–Trinajstić information content (AvgIpc) is 2.95. The summed E-state index contributed by atoms with van der Waals surface area (Å²) in [5.41, 5.74) is 0. The first-order chi connectivity index (χ1) is 8.24. The molecule has 0 bridgehead atoms. The van der Waals surface area contributed by atoms with Crippen LogP contribution in [0.1, 0.15) is 18.7 Å². The highest BCUT2D eigenvalue weighted by molar-refractivity contribution is 7.20. The zero-order chi connectivity index (χ0) is 11.8. The maximum absolute atomic E-state index is 5.70. The molecule has 0 amide bonds. The lowest BCUT2D eigenvalue weighted by Gasteiger charge is -2.06. The lowest BCUT2D eigenvalue weighted by Crippen LogP contribution is -2.13. The zero-order valence-electron chi connectivity index (χ0n) is 10.0. The maximum Gasteiger partial charge on any atom is 0.226 e. The number of rotatable bonds is 2. The van der Waals surface area contributed by atoms with E-state index < -0.39 is 0 Å². The molecule has 0 aliphatic carbocycles. The third-order valence-corrected chi connectivity index (χ3v) is 4.18. The van der Waals surface area contributed by atoms with Crippen LogP contribution in [-0.2, 0) is 4.74 Å². The highest BCUT2D eigenvalue weighted by Crippen LogP contribution is 2.28. The van der Waals surface area contributed by atoms with Crippen molar-refractivity contribution in [3.63, 3.8) is 0 Å². The molecule has 2 aromatic rings. The number of hydrogen-bond donors (Lipinski definition) is 0. The molecule has 17 heavy (non-hydrogen) atoms. The Morgan fingerprint density at radius 3 is 2.88 bits per heavy atom. The van der Waals surface area contributed by atoms with Crippen molar-refractivity contribution in [3.8, 4) is 0 Å². The topological polar surface area (TPSA) is 21.6 Å². The van der Waals surface area contributed by atoms with E-state index in [0.29, 0.717) is 12.0 Å². The van der Waals surface area contributed by atoms with Gasteiger partial charge in [-0.15, -0.1) is 11.3 Å². The smallest absolute Gasteiger partial charge is 0.226 e. The van der Waals surface area contributed by atoms with E-state index in [9.17, 15) is 0 Å². The first-order valence-corrected chi connectivity index (χ1v) is 6.75. The van der Waals surface area contributed by atoms with Crippen LogP contribution >= 0.6 is 11.3 Å². The minimum absolute atomic E-state index is 0.315. The molecule has 1 aromatic carbocycles. The molecular formula is C14H15NOS. The second kappa shape index (κ2) is 4.15. The molecule has 0 unspecified atom stereocenters. The molecule has 88 valence electrons. The number of hydrogen-bond acceptors (Lipinski definition) is 3. The van der Waals surface area contributed by atoms with Gasteiger partial charge in [0.25, 0.3) is 0 Å². The summed E-state index contributed by atoms with van der Waals surface area (Å²) in [6.45, 7) is 5.10. The Morgan fingerprint density at radius 1 is 1.35 bits per heavy atom. The Kier molecular flexibility index (Phi) is 2.63. The number of aliphatic imine (C=N–C) groups is 1. The Labute approximate surface area is 105 Å². The number of nitrogens with zero attached hydrogens (tertiary/aromatic N) is 1. The summed E-state index contributed by atoms with van der Waals surface area (Å²) in [4.78, 5) is 5.81. The van der Waals surface area contributed by atoms with E-state index in [1.165, 1.54) is 10.1 Å². The van der Waals surface area contributed by atoms with Crippen LogP contribution in [0.5, 0.6) is 0 Å². The number of benzene rings is 1. The molecule has 0 N–H and O–H groups in total. The second-order valence-electron chi connectivity index (χ2n) is 4.71. The first-order valence-electron chi connectivity index (χ1n) is 5.93. The van der Waals surface area contributed by atoms with Crippen LogP contribution in [-0.4, -0.2) is 18.5 Å². The Morgan fingerprint density at radius 2 is 2.18 bits per heavy atom. The summed E-state index contributed by atoms with van der Waals surface area (Å²) < 4.78 is 7.00. The number of ether oxygens (including phenoxy) is 1. The average molecular weight is 245 g/mol. The number of fused-ring (bicyclic) bond motifs is 1. The molecule has 2 nitrogen and oxygen atoms in total. The molecule has 1 aliphatic heterocycles. The predicted molar refractivity (Wildman–Crippen MR) is 72.9 cm³/mol. The minimum atomic E-state index is 0.315. The molecule has 3 rings (SSSR count). The van der Waals surface area contributed by atoms with E-state index in [2.05, 4.69) is 49.2 Å². The number of thiophene rings is 1. The van der Waals surface area contributed by atoms with Gasteiger partial charge in [0, 0.05) is 4.70 Å². The van der Waals surface area contributed by atoms with Crippen LogP contribution in [0, 0.1) is 5.92 Å². The summed E-state index contributed by atoms with van der Waals surface area (Å²) in [7, 11) is 0. The van der Waals surface area contributed by atoms with Crippen molar-refractivity contribution in [1.82, 2.24) is 0 Å². The molecule has 3 heteroatoms. The van der Waals surface area contributed by atoms with Crippen LogP contribution in [0.2, 0.25) is 0 Å². The van der Waals surface area contributed by atoms with E-state index in [1.807, 2.05) is 0 Å². The fourth-order valence-corrected chi connectivity index (χ4v) is 2.97. The van der Waals surface area contributed by atoms with Gasteiger partial charge < -0.3 is 4.74 Å². The van der Waals surface area contributed by atoms with Gasteiger partial charge in [-0.3, -0.25) is 0 Å². The van der Waals surface area contributed by atoms with Crippen LogP contribution in [0.15, 0.2) is 35.3 Å². The van der Waals surface area contributed by atoms with Crippen LogP contribution < -0.4 is 0 Å². The van der Waals surface area contributed by atoms with Crippen LogP contribution in [0.3, 0.4) is 0 Å². The summed E-state index contributed by atoms with van der Waals surface area (Å²) in [6.07, 6.45) is 0. The van der Waals surface area contributed by atoms with Crippen molar-refractivity contribution in [2.75, 3.05) is 6.61 Å². The second-order valence-corrected chi connectivity index (χ2v) is 5.79. The Bertz CT molecular complexity index is 537. The fourth-order valence-electron chi connectivity index (χ4n) is 1.95. The Hall–Kier alpha value is -1.35. The summed E-state index contributed by atoms with van der Waals surface area (Å²) in [5.74, 6) is 1.37. The van der Waals surface area contributed by atoms with Gasteiger partial charge in [-0.25, -0.2) is 4.99 Å². The molecule has 0 radical (unpaired) electrons. The third-order valence-electron chi connectivity index (χ3n) is 3.08. The standard InChI is InChI=1S/C14H15NOS/c1-9(2)11-8-16-14(15-11)13-7-10-5-3-4-6-12(10)17-13/h3-7,9,11H,8H2,1-2H3/t11-/m0/s1. The maximum atomic E-state index is 5.70. The van der Waals surface area contributed by atoms with Crippen molar-refractivity contribution in [1.29, 1.82) is 0 Å². The van der Waals surface area contributed by atoms with Gasteiger partial charge in [0.05, 0.1) is 10.9 Å². The van der Waals surface area contributed by atoms with E-state index in [0.717, 1.165) is 17.4 Å². The van der Waals surface area contributed by atoms with Crippen molar-refractivity contribution in [3.05, 3.63) is 35.2 Å². The van der Waals surface area contributed by atoms with Crippen LogP contribution in [0.4, 0.5) is 0 Å². The van der Waals surface area contributed by atoms with Crippen molar-refractivity contribution in [2.24, 2.45) is 10.9 Å². The molecule has 1 aromatic heterocycles. The Balaban J connectivity index is 1.97. The minimum Gasteiger partial charge on any atom is -0.475 e. The quantitative estimate of drug-likeness (QED) is 0.790. The van der Waals surface area contributed by atoms with Gasteiger partial charge in [0.2, 0.25) is 5.90 Å². The van der Waals surface area contributed by atoms with E-state index in [1.54, 1.807) is 11.3 Å². The third kappa shape index (κ3) is 1.95. The molecule has 1 atom stereocenters.